The Bertz CT molecular complexity index is 451. The van der Waals surface area contributed by atoms with Gasteiger partial charge in [0.2, 0.25) is 0 Å². The fourth-order valence-electron chi connectivity index (χ4n) is 6.04. The van der Waals surface area contributed by atoms with Crippen LogP contribution in [0.2, 0.25) is 0 Å². The van der Waals surface area contributed by atoms with Crippen molar-refractivity contribution in [2.24, 2.45) is 0 Å². The van der Waals surface area contributed by atoms with Gasteiger partial charge in [0.05, 0.1) is 40.3 Å². The lowest BCUT2D eigenvalue weighted by Crippen LogP contribution is -2.39. The van der Waals surface area contributed by atoms with E-state index in [9.17, 15) is 10.4 Å². The molecular weight excluding hydrogens is 492 g/mol. The number of unbranched alkanes of at least 4 members (excludes halogenated alkanes) is 25. The van der Waals surface area contributed by atoms with E-state index in [-0.39, 0.29) is 9.29 Å². The Morgan fingerprint density at radius 1 is 0.275 bits per heavy atom. The molecule has 0 amide bonds. The fourth-order valence-corrected chi connectivity index (χ4v) is 6.04. The molecule has 0 aliphatic carbocycles. The fraction of sp³-hybridized carbons (Fsp3) is 1.00. The zero-order valence-corrected chi connectivity index (χ0v) is 28.3. The average molecular weight is 569 g/mol. The lowest BCUT2D eigenvalue weighted by atomic mass is 10.1. The van der Waals surface area contributed by atoms with Crippen LogP contribution in [0.1, 0.15) is 194 Å². The third kappa shape index (κ3) is 30.8. The summed E-state index contributed by atoms with van der Waals surface area (Å²) in [7, 11) is 3.72. The van der Waals surface area contributed by atoms with Crippen LogP contribution in [0.4, 0.5) is 0 Å². The molecule has 4 nitrogen and oxygen atoms in total. The summed E-state index contributed by atoms with van der Waals surface area (Å²) in [6.07, 6.45) is 36.4. The molecule has 40 heavy (non-hydrogen) atoms. The smallest absolute Gasteiger partial charge is 0.0781 e. The van der Waals surface area contributed by atoms with Gasteiger partial charge in [0.1, 0.15) is 0 Å². The predicted octanol–water partition coefficient (Wildman–Crippen LogP) is 11.8. The van der Waals surface area contributed by atoms with Crippen molar-refractivity contribution in [3.05, 3.63) is 10.4 Å². The largest absolute Gasteiger partial charge is 0.633 e. The lowest BCUT2D eigenvalue weighted by Gasteiger charge is -2.39. The first kappa shape index (κ1) is 39.8. The van der Waals surface area contributed by atoms with Gasteiger partial charge in [-0.3, -0.25) is 0 Å². The quantitative estimate of drug-likeness (QED) is 0.0449. The highest BCUT2D eigenvalue weighted by atomic mass is 16.5. The van der Waals surface area contributed by atoms with Crippen LogP contribution in [0.25, 0.3) is 0 Å². The Balaban J connectivity index is 3.50. The Kier molecular flexibility index (Phi) is 28.8. The molecule has 0 N–H and O–H groups in total. The first-order chi connectivity index (χ1) is 19.3. The van der Waals surface area contributed by atoms with Gasteiger partial charge in [-0.2, -0.15) is 0 Å². The van der Waals surface area contributed by atoms with Gasteiger partial charge in [-0.25, -0.2) is 0 Å². The molecule has 0 bridgehead atoms. The number of hydrogen-bond donors (Lipinski definition) is 0. The van der Waals surface area contributed by atoms with Crippen LogP contribution >= 0.6 is 0 Å². The third-order valence-electron chi connectivity index (χ3n) is 8.98. The number of quaternary nitrogens is 2. The van der Waals surface area contributed by atoms with Crippen molar-refractivity contribution in [3.8, 4) is 0 Å². The van der Waals surface area contributed by atoms with E-state index in [1.165, 1.54) is 141 Å². The topological polar surface area (TPSA) is 46.1 Å². The van der Waals surface area contributed by atoms with E-state index in [2.05, 4.69) is 13.8 Å². The maximum atomic E-state index is 12.8. The molecule has 0 spiro atoms. The molecule has 0 aromatic rings. The van der Waals surface area contributed by atoms with Crippen molar-refractivity contribution in [1.29, 1.82) is 0 Å². The van der Waals surface area contributed by atoms with Gasteiger partial charge < -0.3 is 19.7 Å². The van der Waals surface area contributed by atoms with Crippen LogP contribution in [0.5, 0.6) is 0 Å². The molecule has 0 heterocycles. The number of rotatable bonds is 33. The normalized spacial score (nSPS) is 14.8. The van der Waals surface area contributed by atoms with Gasteiger partial charge in [-0.05, 0) is 51.4 Å². The number of hydrogen-bond acceptors (Lipinski definition) is 2. The molecule has 0 rings (SSSR count). The predicted molar refractivity (Wildman–Crippen MR) is 179 cm³/mol. The summed E-state index contributed by atoms with van der Waals surface area (Å²) < 4.78 is -0.155. The summed E-state index contributed by atoms with van der Waals surface area (Å²) in [5.74, 6) is 0. The number of nitrogens with zero attached hydrogens (tertiary/aromatic N) is 2. The average Bonchev–Trinajstić information content (AvgIpc) is 2.91. The van der Waals surface area contributed by atoms with Gasteiger partial charge in [0, 0.05) is 0 Å². The highest BCUT2D eigenvalue weighted by Gasteiger charge is 2.11. The summed E-state index contributed by atoms with van der Waals surface area (Å²) in [6, 6.07) is 0. The van der Waals surface area contributed by atoms with Crippen molar-refractivity contribution in [1.82, 2.24) is 0 Å². The second-order valence-corrected chi connectivity index (χ2v) is 13.7. The summed E-state index contributed by atoms with van der Waals surface area (Å²) in [5, 5.41) is 25.5. The van der Waals surface area contributed by atoms with Crippen molar-refractivity contribution in [2.75, 3.05) is 40.3 Å². The van der Waals surface area contributed by atoms with Crippen LogP contribution in [-0.4, -0.2) is 49.6 Å². The molecule has 0 aliphatic heterocycles. The van der Waals surface area contributed by atoms with E-state index >= 15 is 0 Å². The van der Waals surface area contributed by atoms with Crippen molar-refractivity contribution >= 4 is 0 Å². The van der Waals surface area contributed by atoms with Crippen molar-refractivity contribution in [3.63, 3.8) is 0 Å². The minimum Gasteiger partial charge on any atom is -0.633 e. The Morgan fingerprint density at radius 3 is 0.600 bits per heavy atom. The Morgan fingerprint density at radius 2 is 0.425 bits per heavy atom. The maximum absolute atomic E-state index is 12.8. The molecule has 2 atom stereocenters. The van der Waals surface area contributed by atoms with Crippen LogP contribution < -0.4 is 0 Å². The van der Waals surface area contributed by atoms with E-state index in [4.69, 9.17) is 0 Å². The minimum absolute atomic E-state index is 0.0773. The zero-order chi connectivity index (χ0) is 29.6. The van der Waals surface area contributed by atoms with E-state index in [0.29, 0.717) is 0 Å². The monoisotopic (exact) mass is 569 g/mol. The van der Waals surface area contributed by atoms with Crippen LogP contribution in [-0.2, 0) is 0 Å². The molecule has 0 saturated heterocycles. The third-order valence-corrected chi connectivity index (χ3v) is 8.98. The standard InChI is InChI=1S/C36H76N2O2/c1-5-7-9-11-13-15-17-19-21-23-25-29-33-37(3,39)35-31-27-28-32-36-38(4,40)34-30-26-24-22-20-18-16-14-12-10-8-6-2/h5-36H2,1-4H3. The SMILES string of the molecule is CCCCCCCCCCCCCC[N+](C)([O-])CCCCCC[N+](C)([O-])CCCCCCCCCCCCCC. The summed E-state index contributed by atoms with van der Waals surface area (Å²) in [4.78, 5) is 0. The van der Waals surface area contributed by atoms with E-state index in [1.807, 2.05) is 14.1 Å². The van der Waals surface area contributed by atoms with Gasteiger partial charge in [0.25, 0.3) is 0 Å². The minimum atomic E-state index is -0.0773. The summed E-state index contributed by atoms with van der Waals surface area (Å²) >= 11 is 0. The molecule has 242 valence electrons. The molecule has 4 heteroatoms. The van der Waals surface area contributed by atoms with Crippen molar-refractivity contribution < 1.29 is 9.29 Å². The first-order valence-corrected chi connectivity index (χ1v) is 18.4. The summed E-state index contributed by atoms with van der Waals surface area (Å²) in [6.45, 7) is 7.57. The highest BCUT2D eigenvalue weighted by molar-refractivity contribution is 4.52. The molecule has 0 radical (unpaired) electrons. The lowest BCUT2D eigenvalue weighted by molar-refractivity contribution is -0.862. The number of hydroxylamine groups is 6. The second kappa shape index (κ2) is 28.9. The van der Waals surface area contributed by atoms with Crippen LogP contribution in [0, 0.1) is 10.4 Å². The Labute approximate surface area is 253 Å². The molecule has 0 aliphatic rings. The Hall–Kier alpha value is -0.160. The molecule has 0 saturated carbocycles. The van der Waals surface area contributed by atoms with E-state index in [1.54, 1.807) is 0 Å². The summed E-state index contributed by atoms with van der Waals surface area (Å²) in [5.41, 5.74) is 0. The van der Waals surface area contributed by atoms with Crippen LogP contribution in [0.15, 0.2) is 0 Å². The van der Waals surface area contributed by atoms with Crippen molar-refractivity contribution in [2.45, 2.75) is 194 Å². The molecule has 2 unspecified atom stereocenters. The molecular formula is C36H76N2O2. The maximum Gasteiger partial charge on any atom is 0.0781 e. The van der Waals surface area contributed by atoms with Gasteiger partial charge in [-0.1, -0.05) is 142 Å². The van der Waals surface area contributed by atoms with Crippen LogP contribution in [0.3, 0.4) is 0 Å². The zero-order valence-electron chi connectivity index (χ0n) is 28.3. The van der Waals surface area contributed by atoms with Gasteiger partial charge in [-0.15, -0.1) is 0 Å². The second-order valence-electron chi connectivity index (χ2n) is 13.7. The van der Waals surface area contributed by atoms with Gasteiger partial charge in [0.15, 0.2) is 0 Å². The van der Waals surface area contributed by atoms with E-state index < -0.39 is 0 Å². The highest BCUT2D eigenvalue weighted by Crippen LogP contribution is 2.16. The molecule has 0 fully saturated rings. The first-order valence-electron chi connectivity index (χ1n) is 18.4. The molecule has 0 aromatic carbocycles. The molecule has 0 aromatic heterocycles. The van der Waals surface area contributed by atoms with Gasteiger partial charge >= 0.3 is 0 Å². The van der Waals surface area contributed by atoms with E-state index in [0.717, 1.165) is 64.7 Å².